The quantitative estimate of drug-likeness (QED) is 0.120. The summed E-state index contributed by atoms with van der Waals surface area (Å²) in [6, 6.07) is 68.3. The standard InChI is InChI=1S/C60H50N2/c1-44-42-58(40-41-60(44)52-20-12-5-13-21-52)61(54-31-22-48(23-32-54)45-14-6-2-7-15-45)55-37-28-51(29-38-55)53-30-39-59(43-53)62(56-33-24-49(25-34-56)46-16-8-3-9-17-46)57-35-26-50(27-36-57)47-18-10-4-11-19-47/h2-3,5-10,12-29,31-38,40-41,44H,4,11,30,39,42H2,1H3. The molecular formula is C60H50N2. The summed E-state index contributed by atoms with van der Waals surface area (Å²) in [5.41, 5.74) is 23.6. The first-order valence-corrected chi connectivity index (χ1v) is 22.1. The molecule has 7 aromatic rings. The molecule has 2 nitrogen and oxygen atoms in total. The molecule has 0 aliphatic heterocycles. The molecule has 0 heterocycles. The van der Waals surface area contributed by atoms with Gasteiger partial charge in [0.2, 0.25) is 0 Å². The van der Waals surface area contributed by atoms with Gasteiger partial charge in [-0.05, 0) is 136 Å². The SMILES string of the molecule is CC1CC(N(c2ccc(C3=C=C(N(c4ccc(C5=CCCC=C5)cc4)c4ccc(-c5ccccc5)cc4)CC3)cc2)c2ccc(-c3ccccc3)cc2)=CC=C1c1ccccc1. The van der Waals surface area contributed by atoms with Crippen LogP contribution in [0.5, 0.6) is 0 Å². The van der Waals surface area contributed by atoms with Gasteiger partial charge in [0.15, 0.2) is 0 Å². The number of rotatable bonds is 11. The summed E-state index contributed by atoms with van der Waals surface area (Å²) in [5.74, 6) is 0.379. The van der Waals surface area contributed by atoms with Gasteiger partial charge in [0, 0.05) is 40.4 Å². The summed E-state index contributed by atoms with van der Waals surface area (Å²) in [4.78, 5) is 4.85. The molecule has 0 fully saturated rings. The molecule has 7 aromatic carbocycles. The van der Waals surface area contributed by atoms with Gasteiger partial charge in [-0.15, -0.1) is 0 Å². The average molecular weight is 799 g/mol. The van der Waals surface area contributed by atoms with Crippen molar-refractivity contribution >= 4 is 39.5 Å². The molecule has 0 saturated carbocycles. The van der Waals surface area contributed by atoms with Crippen molar-refractivity contribution in [2.75, 3.05) is 9.80 Å². The van der Waals surface area contributed by atoms with Gasteiger partial charge >= 0.3 is 0 Å². The molecular weight excluding hydrogens is 749 g/mol. The van der Waals surface area contributed by atoms with Crippen molar-refractivity contribution in [1.29, 1.82) is 0 Å². The summed E-state index contributed by atoms with van der Waals surface area (Å²) in [5, 5.41) is 0. The van der Waals surface area contributed by atoms with Gasteiger partial charge in [0.1, 0.15) is 0 Å². The Kier molecular flexibility index (Phi) is 11.1. The number of nitrogens with zero attached hydrogens (tertiary/aromatic N) is 2. The molecule has 0 bridgehead atoms. The molecule has 10 rings (SSSR count). The van der Waals surface area contributed by atoms with E-state index in [1.165, 1.54) is 67.1 Å². The summed E-state index contributed by atoms with van der Waals surface area (Å²) in [6.07, 6.45) is 16.5. The number of allylic oxidation sites excluding steroid dienone is 9. The number of hydrogen-bond donors (Lipinski definition) is 0. The average Bonchev–Trinajstić information content (AvgIpc) is 3.83. The van der Waals surface area contributed by atoms with E-state index in [1.807, 2.05) is 0 Å². The van der Waals surface area contributed by atoms with E-state index in [2.05, 4.69) is 241 Å². The molecule has 0 N–H and O–H groups in total. The van der Waals surface area contributed by atoms with Gasteiger partial charge in [-0.3, -0.25) is 0 Å². The normalized spacial score (nSPS) is 15.8. The van der Waals surface area contributed by atoms with Crippen LogP contribution in [-0.4, -0.2) is 0 Å². The molecule has 0 aromatic heterocycles. The van der Waals surface area contributed by atoms with E-state index >= 15 is 0 Å². The molecule has 3 aliphatic carbocycles. The van der Waals surface area contributed by atoms with Crippen LogP contribution in [0.25, 0.3) is 39.0 Å². The van der Waals surface area contributed by atoms with Crippen molar-refractivity contribution in [3.05, 3.63) is 252 Å². The molecule has 0 saturated heterocycles. The maximum Gasteiger partial charge on any atom is 0.0662 e. The molecule has 300 valence electrons. The zero-order valence-corrected chi connectivity index (χ0v) is 35.3. The fourth-order valence-corrected chi connectivity index (χ4v) is 9.20. The summed E-state index contributed by atoms with van der Waals surface area (Å²) < 4.78 is 0. The zero-order valence-electron chi connectivity index (χ0n) is 35.3. The minimum atomic E-state index is 0.379. The van der Waals surface area contributed by atoms with Crippen LogP contribution in [0.2, 0.25) is 0 Å². The van der Waals surface area contributed by atoms with E-state index in [9.17, 15) is 0 Å². The Morgan fingerprint density at radius 1 is 0.435 bits per heavy atom. The Hall–Kier alpha value is -7.38. The van der Waals surface area contributed by atoms with Crippen LogP contribution in [-0.2, 0) is 0 Å². The van der Waals surface area contributed by atoms with Crippen LogP contribution >= 0.6 is 0 Å². The summed E-state index contributed by atoms with van der Waals surface area (Å²) in [6.45, 7) is 2.35. The van der Waals surface area contributed by atoms with Gasteiger partial charge in [0.25, 0.3) is 0 Å². The first kappa shape index (κ1) is 38.8. The smallest absolute Gasteiger partial charge is 0.0662 e. The van der Waals surface area contributed by atoms with Crippen molar-refractivity contribution in [3.8, 4) is 22.3 Å². The Balaban J connectivity index is 0.995. The molecule has 62 heavy (non-hydrogen) atoms. The Bertz CT molecular complexity index is 2850. The Morgan fingerprint density at radius 2 is 0.903 bits per heavy atom. The second-order valence-corrected chi connectivity index (χ2v) is 16.5. The third-order valence-electron chi connectivity index (χ3n) is 12.5. The molecule has 0 amide bonds. The van der Waals surface area contributed by atoms with Gasteiger partial charge in [-0.1, -0.05) is 176 Å². The maximum absolute atomic E-state index is 3.92. The third-order valence-corrected chi connectivity index (χ3v) is 12.5. The highest BCUT2D eigenvalue weighted by Gasteiger charge is 2.24. The molecule has 2 heteroatoms. The first-order valence-electron chi connectivity index (χ1n) is 22.1. The molecule has 1 unspecified atom stereocenters. The second-order valence-electron chi connectivity index (χ2n) is 16.5. The summed E-state index contributed by atoms with van der Waals surface area (Å²) in [7, 11) is 0. The van der Waals surface area contributed by atoms with Crippen LogP contribution in [0.1, 0.15) is 55.7 Å². The maximum atomic E-state index is 3.92. The lowest BCUT2D eigenvalue weighted by Gasteiger charge is -2.32. The predicted molar refractivity (Wildman–Crippen MR) is 263 cm³/mol. The highest BCUT2D eigenvalue weighted by molar-refractivity contribution is 5.81. The largest absolute Gasteiger partial charge is 0.314 e. The second kappa shape index (κ2) is 17.7. The highest BCUT2D eigenvalue weighted by Crippen LogP contribution is 2.42. The topological polar surface area (TPSA) is 6.48 Å². The zero-order chi connectivity index (χ0) is 41.7. The fourth-order valence-electron chi connectivity index (χ4n) is 9.20. The monoisotopic (exact) mass is 798 g/mol. The lowest BCUT2D eigenvalue weighted by atomic mass is 9.86. The van der Waals surface area contributed by atoms with E-state index < -0.39 is 0 Å². The predicted octanol–water partition coefficient (Wildman–Crippen LogP) is 16.4. The summed E-state index contributed by atoms with van der Waals surface area (Å²) >= 11 is 0. The third kappa shape index (κ3) is 8.22. The highest BCUT2D eigenvalue weighted by atomic mass is 15.2. The van der Waals surface area contributed by atoms with E-state index in [4.69, 9.17) is 0 Å². The minimum absolute atomic E-state index is 0.379. The molecule has 0 spiro atoms. The van der Waals surface area contributed by atoms with Gasteiger partial charge < -0.3 is 9.80 Å². The van der Waals surface area contributed by atoms with Crippen molar-refractivity contribution in [1.82, 2.24) is 0 Å². The van der Waals surface area contributed by atoms with Crippen LogP contribution < -0.4 is 9.80 Å². The Morgan fingerprint density at radius 3 is 1.40 bits per heavy atom. The van der Waals surface area contributed by atoms with Crippen molar-refractivity contribution < 1.29 is 0 Å². The van der Waals surface area contributed by atoms with E-state index in [-0.39, 0.29) is 0 Å². The minimum Gasteiger partial charge on any atom is -0.314 e. The van der Waals surface area contributed by atoms with Crippen molar-refractivity contribution in [2.45, 2.75) is 39.0 Å². The van der Waals surface area contributed by atoms with Crippen molar-refractivity contribution in [3.63, 3.8) is 0 Å². The lowest BCUT2D eigenvalue weighted by molar-refractivity contribution is 0.715. The number of hydrogen-bond acceptors (Lipinski definition) is 2. The first-order chi connectivity index (χ1) is 30.6. The molecule has 1 atom stereocenters. The van der Waals surface area contributed by atoms with E-state index in [0.29, 0.717) is 5.92 Å². The van der Waals surface area contributed by atoms with Gasteiger partial charge in [0.05, 0.1) is 5.70 Å². The van der Waals surface area contributed by atoms with Crippen LogP contribution in [0, 0.1) is 5.92 Å². The Labute approximate surface area is 367 Å². The van der Waals surface area contributed by atoms with Crippen LogP contribution in [0.4, 0.5) is 22.7 Å². The van der Waals surface area contributed by atoms with E-state index in [1.54, 1.807) is 0 Å². The van der Waals surface area contributed by atoms with Crippen LogP contribution in [0.3, 0.4) is 0 Å². The van der Waals surface area contributed by atoms with E-state index in [0.717, 1.165) is 54.9 Å². The van der Waals surface area contributed by atoms with Crippen molar-refractivity contribution in [2.24, 2.45) is 5.92 Å². The lowest BCUT2D eigenvalue weighted by Crippen LogP contribution is -2.20. The molecule has 3 aliphatic rings. The van der Waals surface area contributed by atoms with Crippen LogP contribution in [0.15, 0.2) is 236 Å². The van der Waals surface area contributed by atoms with Gasteiger partial charge in [-0.2, -0.15) is 0 Å². The number of anilines is 4. The fraction of sp³-hybridized carbons (Fsp3) is 0.117. The molecule has 0 radical (unpaired) electrons. The number of benzene rings is 7. The van der Waals surface area contributed by atoms with Gasteiger partial charge in [-0.25, -0.2) is 0 Å².